The molecule has 4 rings (SSSR count). The van der Waals surface area contributed by atoms with E-state index in [9.17, 15) is 5.26 Å². The number of nitrogens with two attached hydrogens (primary N) is 1. The SMILES string of the molecule is CN(C)CCNc1nccc(-c2cnc(N)c(-c3nnc(-c4ccccc4)o3)n2)c1C#N.[HH].[HH]. The molecule has 0 aliphatic heterocycles. The van der Waals surface area contributed by atoms with E-state index in [0.29, 0.717) is 35.1 Å². The molecule has 3 aromatic heterocycles. The molecule has 0 unspecified atom stereocenters. The lowest BCUT2D eigenvalue weighted by atomic mass is 10.1. The van der Waals surface area contributed by atoms with Crippen LogP contribution < -0.4 is 11.1 Å². The number of nitrogen functional groups attached to an aromatic ring is 1. The van der Waals surface area contributed by atoms with Crippen molar-refractivity contribution >= 4 is 11.6 Å². The lowest BCUT2D eigenvalue weighted by Crippen LogP contribution is -2.21. The van der Waals surface area contributed by atoms with Gasteiger partial charge in [0.05, 0.1) is 11.9 Å². The van der Waals surface area contributed by atoms with Crippen LogP contribution in [0.4, 0.5) is 11.6 Å². The normalized spacial score (nSPS) is 10.8. The van der Waals surface area contributed by atoms with Crippen molar-refractivity contribution in [3.05, 3.63) is 54.4 Å². The van der Waals surface area contributed by atoms with E-state index in [1.54, 1.807) is 12.3 Å². The molecule has 0 aliphatic rings. The highest BCUT2D eigenvalue weighted by Gasteiger charge is 2.19. The third-order valence-corrected chi connectivity index (χ3v) is 4.64. The molecule has 0 aliphatic carbocycles. The first kappa shape index (κ1) is 20.9. The Labute approximate surface area is 187 Å². The van der Waals surface area contributed by atoms with Gasteiger partial charge in [-0.2, -0.15) is 5.26 Å². The predicted octanol–water partition coefficient (Wildman–Crippen LogP) is 3.17. The first-order valence-corrected chi connectivity index (χ1v) is 9.86. The van der Waals surface area contributed by atoms with E-state index < -0.39 is 0 Å². The summed E-state index contributed by atoms with van der Waals surface area (Å²) in [5.74, 6) is 1.12. The lowest BCUT2D eigenvalue weighted by molar-refractivity contribution is 0.425. The Hall–Kier alpha value is -4.36. The molecule has 10 nitrogen and oxygen atoms in total. The Kier molecular flexibility index (Phi) is 6.00. The number of pyridine rings is 1. The smallest absolute Gasteiger partial charge is 0.270 e. The van der Waals surface area contributed by atoms with E-state index in [2.05, 4.69) is 36.5 Å². The van der Waals surface area contributed by atoms with Crippen molar-refractivity contribution < 1.29 is 7.27 Å². The standard InChI is InChI=1S/C22H21N9O.2H2/c1-31(2)11-10-26-20-16(12-23)15(8-9-25-20)17-13-27-19(24)18(28-17)22-30-29-21(32-22)14-6-4-3-5-7-14;;/h3-9,13H,10-11H2,1-2H3,(H2,24,27)(H,25,26);2*1H. The molecule has 1 aromatic carbocycles. The van der Waals surface area contributed by atoms with Crippen LogP contribution in [0.2, 0.25) is 0 Å². The zero-order valence-electron chi connectivity index (χ0n) is 17.6. The van der Waals surface area contributed by atoms with Crippen LogP contribution in [0.1, 0.15) is 8.42 Å². The fourth-order valence-electron chi connectivity index (χ4n) is 3.02. The summed E-state index contributed by atoms with van der Waals surface area (Å²) in [6.07, 6.45) is 3.12. The van der Waals surface area contributed by atoms with Crippen molar-refractivity contribution in [2.24, 2.45) is 0 Å². The number of likely N-dealkylation sites (N-methyl/N-ethyl adjacent to an activating group) is 1. The fraction of sp³-hybridized carbons (Fsp3) is 0.182. The van der Waals surface area contributed by atoms with Crippen LogP contribution in [0.3, 0.4) is 0 Å². The van der Waals surface area contributed by atoms with Gasteiger partial charge in [0, 0.05) is 33.3 Å². The van der Waals surface area contributed by atoms with Gasteiger partial charge in [-0.05, 0) is 32.3 Å². The highest BCUT2D eigenvalue weighted by molar-refractivity contribution is 5.76. The van der Waals surface area contributed by atoms with E-state index in [0.717, 1.165) is 12.1 Å². The molecule has 32 heavy (non-hydrogen) atoms. The summed E-state index contributed by atoms with van der Waals surface area (Å²) in [4.78, 5) is 15.2. The first-order chi connectivity index (χ1) is 15.6. The van der Waals surface area contributed by atoms with Crippen LogP contribution in [-0.4, -0.2) is 57.2 Å². The zero-order valence-corrected chi connectivity index (χ0v) is 17.6. The number of hydrogen-bond donors (Lipinski definition) is 2. The molecular formula is C22H25N9O. The molecule has 0 radical (unpaired) electrons. The number of anilines is 2. The molecule has 0 fully saturated rings. The van der Waals surface area contributed by atoms with Gasteiger partial charge in [-0.25, -0.2) is 15.0 Å². The minimum atomic E-state index is 0. The second-order valence-electron chi connectivity index (χ2n) is 7.19. The van der Waals surface area contributed by atoms with Gasteiger partial charge in [0.25, 0.3) is 5.89 Å². The minimum Gasteiger partial charge on any atom is -0.414 e. The lowest BCUT2D eigenvalue weighted by Gasteiger charge is -2.13. The molecule has 0 atom stereocenters. The Morgan fingerprint density at radius 1 is 1.12 bits per heavy atom. The van der Waals surface area contributed by atoms with E-state index in [1.165, 1.54) is 6.20 Å². The predicted molar refractivity (Wildman–Crippen MR) is 124 cm³/mol. The van der Waals surface area contributed by atoms with Gasteiger partial charge >= 0.3 is 0 Å². The van der Waals surface area contributed by atoms with Gasteiger partial charge in [-0.1, -0.05) is 18.2 Å². The second-order valence-corrected chi connectivity index (χ2v) is 7.19. The molecule has 3 N–H and O–H groups in total. The first-order valence-electron chi connectivity index (χ1n) is 9.86. The average molecular weight is 432 g/mol. The molecule has 0 saturated heterocycles. The van der Waals surface area contributed by atoms with Crippen LogP contribution >= 0.6 is 0 Å². The summed E-state index contributed by atoms with van der Waals surface area (Å²) in [6, 6.07) is 13.3. The number of benzene rings is 1. The summed E-state index contributed by atoms with van der Waals surface area (Å²) >= 11 is 0. The Morgan fingerprint density at radius 2 is 1.91 bits per heavy atom. The molecule has 0 spiro atoms. The van der Waals surface area contributed by atoms with Gasteiger partial charge < -0.3 is 20.4 Å². The summed E-state index contributed by atoms with van der Waals surface area (Å²) in [6.45, 7) is 1.44. The van der Waals surface area contributed by atoms with E-state index in [-0.39, 0.29) is 20.3 Å². The van der Waals surface area contributed by atoms with Crippen molar-refractivity contribution in [1.29, 1.82) is 5.26 Å². The summed E-state index contributed by atoms with van der Waals surface area (Å²) < 4.78 is 5.78. The van der Waals surface area contributed by atoms with Crippen LogP contribution in [-0.2, 0) is 0 Å². The maximum Gasteiger partial charge on any atom is 0.270 e. The Bertz CT molecular complexity index is 1270. The molecule has 164 valence electrons. The highest BCUT2D eigenvalue weighted by atomic mass is 16.4. The molecule has 0 saturated carbocycles. The molecule has 4 aromatic rings. The van der Waals surface area contributed by atoms with Gasteiger partial charge in [0.15, 0.2) is 11.5 Å². The van der Waals surface area contributed by atoms with E-state index in [1.807, 2.05) is 49.3 Å². The third-order valence-electron chi connectivity index (χ3n) is 4.64. The van der Waals surface area contributed by atoms with Crippen molar-refractivity contribution in [2.75, 3.05) is 38.2 Å². The van der Waals surface area contributed by atoms with Gasteiger partial charge in [0.2, 0.25) is 5.89 Å². The Balaban J connectivity index is 0.00000204. The minimum absolute atomic E-state index is 0. The molecular weight excluding hydrogens is 406 g/mol. The monoisotopic (exact) mass is 431 g/mol. The molecule has 0 amide bonds. The van der Waals surface area contributed by atoms with Gasteiger partial charge in [-0.15, -0.1) is 10.2 Å². The summed E-state index contributed by atoms with van der Waals surface area (Å²) in [5.41, 5.74) is 8.47. The highest BCUT2D eigenvalue weighted by Crippen LogP contribution is 2.30. The van der Waals surface area contributed by atoms with Crippen LogP contribution in [0.15, 0.2) is 53.2 Å². The van der Waals surface area contributed by atoms with Crippen molar-refractivity contribution in [3.63, 3.8) is 0 Å². The van der Waals surface area contributed by atoms with Crippen molar-refractivity contribution in [1.82, 2.24) is 30.0 Å². The number of rotatable bonds is 7. The van der Waals surface area contributed by atoms with Crippen molar-refractivity contribution in [2.45, 2.75) is 0 Å². The zero-order chi connectivity index (χ0) is 22.5. The topological polar surface area (TPSA) is 143 Å². The maximum absolute atomic E-state index is 9.79. The van der Waals surface area contributed by atoms with Gasteiger partial charge in [-0.3, -0.25) is 0 Å². The number of nitrogens with zero attached hydrogens (tertiary/aromatic N) is 7. The second kappa shape index (κ2) is 9.20. The van der Waals surface area contributed by atoms with Gasteiger partial charge in [0.1, 0.15) is 17.5 Å². The fourth-order valence-corrected chi connectivity index (χ4v) is 3.02. The Morgan fingerprint density at radius 3 is 2.66 bits per heavy atom. The third kappa shape index (κ3) is 4.38. The quantitative estimate of drug-likeness (QED) is 0.448. The average Bonchev–Trinajstić information content (AvgIpc) is 3.30. The van der Waals surface area contributed by atoms with Crippen molar-refractivity contribution in [3.8, 4) is 40.4 Å². The molecule has 10 heteroatoms. The largest absolute Gasteiger partial charge is 0.414 e. The van der Waals surface area contributed by atoms with Crippen LogP contribution in [0, 0.1) is 11.3 Å². The molecule has 3 heterocycles. The van der Waals surface area contributed by atoms with Crippen LogP contribution in [0.5, 0.6) is 0 Å². The van der Waals surface area contributed by atoms with Crippen LogP contribution in [0.25, 0.3) is 34.3 Å². The summed E-state index contributed by atoms with van der Waals surface area (Å²) in [7, 11) is 3.95. The number of nitriles is 1. The molecule has 0 bridgehead atoms. The maximum atomic E-state index is 9.79. The van der Waals surface area contributed by atoms with E-state index in [4.69, 9.17) is 10.2 Å². The summed E-state index contributed by atoms with van der Waals surface area (Å²) in [5, 5.41) is 21.1. The number of hydrogen-bond acceptors (Lipinski definition) is 10. The van der Waals surface area contributed by atoms with E-state index >= 15 is 0 Å². The number of nitrogens with one attached hydrogen (secondary N) is 1. The number of aromatic nitrogens is 5.